The Balaban J connectivity index is 2.94. The van der Waals surface area contributed by atoms with Crippen molar-refractivity contribution >= 4 is 29.8 Å². The molecule has 2 aromatic rings. The maximum atomic E-state index is 10.4. The molecule has 0 aliphatic heterocycles. The van der Waals surface area contributed by atoms with Crippen LogP contribution in [-0.4, -0.2) is 12.8 Å². The predicted molar refractivity (Wildman–Crippen MR) is 52.6 cm³/mol. The lowest BCUT2D eigenvalue weighted by Crippen LogP contribution is -2.04. The third kappa shape index (κ3) is 1.20. The third-order valence-corrected chi connectivity index (χ3v) is 1.89. The van der Waals surface area contributed by atoms with Gasteiger partial charge in [-0.05, 0) is 11.2 Å². The van der Waals surface area contributed by atoms with Crippen molar-refractivity contribution in [3.63, 3.8) is 0 Å². The summed E-state index contributed by atoms with van der Waals surface area (Å²) in [6, 6.07) is 5.22. The number of rotatable bonds is 1. The molecule has 1 aromatic carbocycles. The second kappa shape index (κ2) is 2.97. The zero-order valence-electron chi connectivity index (χ0n) is 6.77. The van der Waals surface area contributed by atoms with E-state index in [1.165, 1.54) is 6.20 Å². The molecule has 0 saturated heterocycles. The summed E-state index contributed by atoms with van der Waals surface area (Å²) in [7, 11) is 5.67. The van der Waals surface area contributed by atoms with Crippen LogP contribution >= 0.6 is 0 Å². The Bertz CT molecular complexity index is 465. The number of fused-ring (bicyclic) bond motifs is 1. The molecule has 0 N–H and O–H groups in total. The molecule has 0 unspecified atom stereocenters. The fraction of sp³-hybridized carbons (Fsp3) is 0. The fourth-order valence-corrected chi connectivity index (χ4v) is 1.32. The zero-order valence-corrected chi connectivity index (χ0v) is 6.77. The lowest BCUT2D eigenvalue weighted by Gasteiger charge is -2.01. The minimum Gasteiger partial charge on any atom is -0.265 e. The number of benzene rings is 1. The predicted octanol–water partition coefficient (Wildman–Crippen LogP) is 1.43. The van der Waals surface area contributed by atoms with Gasteiger partial charge in [-0.1, -0.05) is 17.6 Å². The van der Waals surface area contributed by atoms with Crippen molar-refractivity contribution < 1.29 is 0 Å². The van der Waals surface area contributed by atoms with E-state index in [1.54, 1.807) is 18.3 Å². The lowest BCUT2D eigenvalue weighted by molar-refractivity contribution is 1.38. The zero-order chi connectivity index (χ0) is 9.26. The average molecular weight is 168 g/mol. The second-order valence-electron chi connectivity index (χ2n) is 2.70. The summed E-state index contributed by atoms with van der Waals surface area (Å²) in [5.41, 5.74) is 0.838. The highest BCUT2D eigenvalue weighted by Crippen LogP contribution is 2.22. The van der Waals surface area contributed by atoms with Gasteiger partial charge in [-0.2, -0.15) is 0 Å². The number of pyridine rings is 1. The van der Waals surface area contributed by atoms with Crippen molar-refractivity contribution in [2.75, 3.05) is 0 Å². The molecular formula is C9H5BN2O. The largest absolute Gasteiger partial charge is 0.265 e. The molecule has 0 atom stereocenters. The van der Waals surface area contributed by atoms with Crippen molar-refractivity contribution in [2.45, 2.75) is 0 Å². The van der Waals surface area contributed by atoms with Crippen LogP contribution in [0.3, 0.4) is 0 Å². The van der Waals surface area contributed by atoms with Crippen molar-refractivity contribution in [1.82, 2.24) is 4.98 Å². The van der Waals surface area contributed by atoms with Gasteiger partial charge in [0.2, 0.25) is 0 Å². The molecule has 0 aliphatic carbocycles. The van der Waals surface area contributed by atoms with Gasteiger partial charge in [-0.25, -0.2) is 0 Å². The topological polar surface area (TPSA) is 42.3 Å². The second-order valence-corrected chi connectivity index (χ2v) is 2.70. The van der Waals surface area contributed by atoms with E-state index in [0.717, 1.165) is 5.39 Å². The van der Waals surface area contributed by atoms with Gasteiger partial charge in [0.1, 0.15) is 13.5 Å². The smallest absolute Gasteiger partial charge is 0.116 e. The molecular weight excluding hydrogens is 163 g/mol. The van der Waals surface area contributed by atoms with Crippen LogP contribution in [0.15, 0.2) is 35.8 Å². The van der Waals surface area contributed by atoms with Gasteiger partial charge in [-0.3, -0.25) is 4.98 Å². The van der Waals surface area contributed by atoms with Crippen molar-refractivity contribution in [3.8, 4) is 0 Å². The Morgan fingerprint density at radius 1 is 1.31 bits per heavy atom. The Morgan fingerprint density at radius 3 is 2.92 bits per heavy atom. The van der Waals surface area contributed by atoms with Crippen LogP contribution in [0.4, 0.5) is 5.69 Å². The first-order chi connectivity index (χ1) is 6.33. The Labute approximate surface area is 76.2 Å². The standard InChI is InChI=1S/C9H5BN2O/c10-7-5-11-4-6-2-1-3-8(12-13)9(6)7/h1-5H. The van der Waals surface area contributed by atoms with E-state index in [2.05, 4.69) is 10.2 Å². The van der Waals surface area contributed by atoms with Gasteiger partial charge in [0.25, 0.3) is 0 Å². The Kier molecular flexibility index (Phi) is 1.81. The highest BCUT2D eigenvalue weighted by Gasteiger charge is 2.02. The summed E-state index contributed by atoms with van der Waals surface area (Å²) in [4.78, 5) is 14.4. The summed E-state index contributed by atoms with van der Waals surface area (Å²) < 4.78 is 0. The van der Waals surface area contributed by atoms with E-state index in [9.17, 15) is 4.91 Å². The lowest BCUT2D eigenvalue weighted by atomic mass is 9.92. The first-order valence-corrected chi connectivity index (χ1v) is 3.78. The molecule has 3 nitrogen and oxygen atoms in total. The molecule has 4 heteroatoms. The molecule has 0 saturated carbocycles. The summed E-state index contributed by atoms with van der Waals surface area (Å²) in [5, 5.41) is 4.41. The number of nitroso groups, excluding NO2 is 1. The van der Waals surface area contributed by atoms with Crippen LogP contribution in [0.1, 0.15) is 0 Å². The Hall–Kier alpha value is -1.71. The van der Waals surface area contributed by atoms with Crippen LogP contribution in [0.25, 0.3) is 10.8 Å². The first-order valence-electron chi connectivity index (χ1n) is 3.78. The third-order valence-electron chi connectivity index (χ3n) is 1.89. The highest BCUT2D eigenvalue weighted by atomic mass is 16.3. The first kappa shape index (κ1) is 7.92. The fourth-order valence-electron chi connectivity index (χ4n) is 1.32. The van der Waals surface area contributed by atoms with Crippen LogP contribution in [0, 0.1) is 4.91 Å². The maximum absolute atomic E-state index is 10.4. The van der Waals surface area contributed by atoms with Gasteiger partial charge in [0, 0.05) is 23.2 Å². The molecule has 2 radical (unpaired) electrons. The summed E-state index contributed by atoms with van der Waals surface area (Å²) in [6.07, 6.45) is 3.16. The number of hydrogen-bond acceptors (Lipinski definition) is 3. The van der Waals surface area contributed by atoms with E-state index < -0.39 is 0 Å². The average Bonchev–Trinajstić information content (AvgIpc) is 2.17. The molecule has 60 valence electrons. The monoisotopic (exact) mass is 168 g/mol. The van der Waals surface area contributed by atoms with E-state index in [4.69, 9.17) is 7.85 Å². The quantitative estimate of drug-likeness (QED) is 0.477. The molecule has 0 spiro atoms. The van der Waals surface area contributed by atoms with E-state index in [0.29, 0.717) is 16.5 Å². The SMILES string of the molecule is [B]c1cncc2cccc(N=O)c12. The van der Waals surface area contributed by atoms with Gasteiger partial charge >= 0.3 is 0 Å². The van der Waals surface area contributed by atoms with Crippen molar-refractivity contribution in [3.05, 3.63) is 35.5 Å². The van der Waals surface area contributed by atoms with E-state index in [1.807, 2.05) is 6.07 Å². The summed E-state index contributed by atoms with van der Waals surface area (Å²) in [6.45, 7) is 0. The number of aromatic nitrogens is 1. The van der Waals surface area contributed by atoms with Crippen LogP contribution in [0.5, 0.6) is 0 Å². The van der Waals surface area contributed by atoms with Gasteiger partial charge in [-0.15, -0.1) is 4.91 Å². The molecule has 13 heavy (non-hydrogen) atoms. The van der Waals surface area contributed by atoms with Crippen LogP contribution in [-0.2, 0) is 0 Å². The van der Waals surface area contributed by atoms with Crippen molar-refractivity contribution in [1.29, 1.82) is 0 Å². The summed E-state index contributed by atoms with van der Waals surface area (Å²) >= 11 is 0. The highest BCUT2D eigenvalue weighted by molar-refractivity contribution is 6.39. The molecule has 0 amide bonds. The van der Waals surface area contributed by atoms with Gasteiger partial charge in [0.15, 0.2) is 0 Å². The maximum Gasteiger partial charge on any atom is 0.116 e. The summed E-state index contributed by atoms with van der Waals surface area (Å²) in [5.74, 6) is 0. The molecule has 1 heterocycles. The molecule has 0 fully saturated rings. The minimum atomic E-state index is 0.359. The minimum absolute atomic E-state index is 0.359. The van der Waals surface area contributed by atoms with Crippen LogP contribution in [0.2, 0.25) is 0 Å². The van der Waals surface area contributed by atoms with E-state index >= 15 is 0 Å². The number of hydrogen-bond donors (Lipinski definition) is 0. The van der Waals surface area contributed by atoms with Gasteiger partial charge < -0.3 is 0 Å². The van der Waals surface area contributed by atoms with Gasteiger partial charge in [0.05, 0.1) is 0 Å². The molecule has 1 aromatic heterocycles. The molecule has 0 aliphatic rings. The van der Waals surface area contributed by atoms with E-state index in [-0.39, 0.29) is 0 Å². The van der Waals surface area contributed by atoms with Crippen molar-refractivity contribution in [2.24, 2.45) is 5.18 Å². The number of nitrogens with zero attached hydrogens (tertiary/aromatic N) is 2. The molecule has 0 bridgehead atoms. The van der Waals surface area contributed by atoms with Crippen LogP contribution < -0.4 is 5.46 Å². The Morgan fingerprint density at radius 2 is 2.15 bits per heavy atom. The molecule has 2 rings (SSSR count). The normalized spacial score (nSPS) is 10.2.